The van der Waals surface area contributed by atoms with E-state index in [9.17, 15) is 4.79 Å². The number of rotatable bonds is 3. The molecule has 1 aromatic carbocycles. The lowest BCUT2D eigenvalue weighted by atomic mass is 10.1. The molecule has 1 amide bonds. The maximum atomic E-state index is 12.7. The van der Waals surface area contributed by atoms with Crippen molar-refractivity contribution in [1.29, 1.82) is 0 Å². The molecule has 0 spiro atoms. The van der Waals surface area contributed by atoms with Crippen LogP contribution in [0.2, 0.25) is 0 Å². The lowest BCUT2D eigenvalue weighted by molar-refractivity contribution is 0.0923. The van der Waals surface area contributed by atoms with E-state index in [0.29, 0.717) is 11.6 Å². The largest absolute Gasteiger partial charge is 0.351 e. The molecule has 2 heterocycles. The van der Waals surface area contributed by atoms with Gasteiger partial charge in [0.05, 0.1) is 11.7 Å². The van der Waals surface area contributed by atoms with Gasteiger partial charge in [-0.2, -0.15) is 5.10 Å². The highest BCUT2D eigenvalue weighted by Gasteiger charge is 2.54. The fourth-order valence-electron chi connectivity index (χ4n) is 3.37. The summed E-state index contributed by atoms with van der Waals surface area (Å²) in [6, 6.07) is 8.06. The Kier molecular flexibility index (Phi) is 2.88. The highest BCUT2D eigenvalue weighted by Crippen LogP contribution is 2.51. The summed E-state index contributed by atoms with van der Waals surface area (Å²) in [6.07, 6.45) is 4.78. The van der Waals surface area contributed by atoms with Crippen LogP contribution in [-0.2, 0) is 12.6 Å². The molecule has 1 aliphatic rings. The second-order valence-corrected chi connectivity index (χ2v) is 6.71. The molecule has 0 aliphatic heterocycles. The van der Waals surface area contributed by atoms with E-state index in [1.165, 1.54) is 5.56 Å². The van der Waals surface area contributed by atoms with Crippen molar-refractivity contribution >= 4 is 16.8 Å². The van der Waals surface area contributed by atoms with Crippen molar-refractivity contribution in [2.24, 2.45) is 13.0 Å². The van der Waals surface area contributed by atoms with Gasteiger partial charge in [-0.05, 0) is 37.5 Å². The Morgan fingerprint density at radius 1 is 1.43 bits per heavy atom. The number of aryl methyl sites for hydroxylation is 2. The fraction of sp³-hybridized carbons (Fsp3) is 0.333. The van der Waals surface area contributed by atoms with E-state index in [0.717, 1.165) is 22.9 Å². The number of nitrogens with zero attached hydrogens (tertiary/aromatic N) is 2. The average molecular weight is 308 g/mol. The zero-order valence-corrected chi connectivity index (χ0v) is 13.6. The van der Waals surface area contributed by atoms with Crippen LogP contribution in [0.5, 0.6) is 0 Å². The van der Waals surface area contributed by atoms with Gasteiger partial charge in [-0.25, -0.2) is 0 Å². The topological polar surface area (TPSA) is 62.7 Å². The van der Waals surface area contributed by atoms with Crippen molar-refractivity contribution in [3.8, 4) is 0 Å². The first-order valence-corrected chi connectivity index (χ1v) is 7.89. The molecule has 2 aromatic heterocycles. The zero-order chi connectivity index (χ0) is 16.2. The summed E-state index contributed by atoms with van der Waals surface area (Å²) in [7, 11) is 1.89. The Morgan fingerprint density at radius 3 is 2.87 bits per heavy atom. The minimum absolute atomic E-state index is 0.0629. The van der Waals surface area contributed by atoms with Crippen LogP contribution in [0.4, 0.5) is 0 Å². The maximum Gasteiger partial charge on any atom is 0.268 e. The first-order chi connectivity index (χ1) is 11.0. The summed E-state index contributed by atoms with van der Waals surface area (Å²) in [5, 5.41) is 8.52. The molecule has 0 radical (unpaired) electrons. The molecule has 4 rings (SSSR count). The van der Waals surface area contributed by atoms with Gasteiger partial charge in [-0.1, -0.05) is 18.6 Å². The molecule has 3 aromatic rings. The third kappa shape index (κ3) is 2.23. The van der Waals surface area contributed by atoms with E-state index in [1.807, 2.05) is 37.6 Å². The van der Waals surface area contributed by atoms with Gasteiger partial charge in [0.25, 0.3) is 5.91 Å². The molecule has 2 atom stereocenters. The van der Waals surface area contributed by atoms with E-state index in [-0.39, 0.29) is 11.4 Å². The van der Waals surface area contributed by atoms with E-state index in [2.05, 4.69) is 35.3 Å². The lowest BCUT2D eigenvalue weighted by Gasteiger charge is -2.16. The Labute approximate surface area is 134 Å². The molecule has 118 valence electrons. The van der Waals surface area contributed by atoms with Gasteiger partial charge in [0.2, 0.25) is 0 Å². The molecule has 5 nitrogen and oxygen atoms in total. The maximum absolute atomic E-state index is 12.7. The monoisotopic (exact) mass is 308 g/mol. The number of hydrogen-bond donors (Lipinski definition) is 2. The minimum Gasteiger partial charge on any atom is -0.351 e. The molecule has 0 bridgehead atoms. The lowest BCUT2D eigenvalue weighted by Crippen LogP contribution is -2.36. The number of hydrogen-bond acceptors (Lipinski definition) is 2. The van der Waals surface area contributed by atoms with E-state index >= 15 is 0 Å². The van der Waals surface area contributed by atoms with Gasteiger partial charge in [0.15, 0.2) is 0 Å². The van der Waals surface area contributed by atoms with Gasteiger partial charge >= 0.3 is 0 Å². The minimum atomic E-state index is -0.279. The predicted molar refractivity (Wildman–Crippen MR) is 89.2 cm³/mol. The van der Waals surface area contributed by atoms with Crippen LogP contribution in [0.25, 0.3) is 10.9 Å². The van der Waals surface area contributed by atoms with Gasteiger partial charge in [-0.3, -0.25) is 9.48 Å². The third-order valence-corrected chi connectivity index (χ3v) is 4.89. The third-order valence-electron chi connectivity index (χ3n) is 4.89. The van der Waals surface area contributed by atoms with Crippen LogP contribution in [0.1, 0.15) is 35.0 Å². The van der Waals surface area contributed by atoms with Crippen molar-refractivity contribution in [2.75, 3.05) is 0 Å². The Balaban J connectivity index is 1.63. The second kappa shape index (κ2) is 4.72. The number of benzene rings is 1. The SMILES string of the molecule is Cc1ccc2[nH]c(C(=O)N[C@]3(c4cnn(C)c4)C[C@H]3C)cc2c1. The first-order valence-electron chi connectivity index (χ1n) is 7.89. The van der Waals surface area contributed by atoms with E-state index in [1.54, 1.807) is 4.68 Å². The molecule has 1 saturated carbocycles. The average Bonchev–Trinajstić information content (AvgIpc) is 2.90. The van der Waals surface area contributed by atoms with Crippen molar-refractivity contribution < 1.29 is 4.79 Å². The number of carbonyl (C=O) groups excluding carboxylic acids is 1. The number of H-pyrrole nitrogens is 1. The predicted octanol–water partition coefficient (Wildman–Crippen LogP) is 2.87. The standard InChI is InChI=1S/C18H20N4O/c1-11-4-5-15-13(6-11)7-16(20-15)17(23)21-18(8-12(18)2)14-9-19-22(3)10-14/h4-7,9-10,12,20H,8H2,1-3H3,(H,21,23)/t12-,18-/m1/s1. The highest BCUT2D eigenvalue weighted by atomic mass is 16.2. The molecular weight excluding hydrogens is 288 g/mol. The molecule has 0 unspecified atom stereocenters. The summed E-state index contributed by atoms with van der Waals surface area (Å²) >= 11 is 0. The number of aromatic amines is 1. The molecule has 1 fully saturated rings. The van der Waals surface area contributed by atoms with Crippen molar-refractivity contribution in [3.63, 3.8) is 0 Å². The van der Waals surface area contributed by atoms with Crippen LogP contribution < -0.4 is 5.32 Å². The molecule has 23 heavy (non-hydrogen) atoms. The van der Waals surface area contributed by atoms with Crippen LogP contribution >= 0.6 is 0 Å². The van der Waals surface area contributed by atoms with Crippen LogP contribution in [0.15, 0.2) is 36.7 Å². The molecular formula is C18H20N4O. The van der Waals surface area contributed by atoms with Crippen LogP contribution in [-0.4, -0.2) is 20.7 Å². The molecule has 2 N–H and O–H groups in total. The normalized spacial score (nSPS) is 23.2. The highest BCUT2D eigenvalue weighted by molar-refractivity contribution is 5.98. The fourth-order valence-corrected chi connectivity index (χ4v) is 3.37. The summed E-state index contributed by atoms with van der Waals surface area (Å²) in [5.74, 6) is 0.356. The van der Waals surface area contributed by atoms with Crippen LogP contribution in [0.3, 0.4) is 0 Å². The second-order valence-electron chi connectivity index (χ2n) is 6.71. The number of fused-ring (bicyclic) bond motifs is 1. The Hall–Kier alpha value is -2.56. The summed E-state index contributed by atoms with van der Waals surface area (Å²) < 4.78 is 1.78. The van der Waals surface area contributed by atoms with Crippen molar-refractivity contribution in [2.45, 2.75) is 25.8 Å². The van der Waals surface area contributed by atoms with Crippen LogP contribution in [0, 0.1) is 12.8 Å². The zero-order valence-electron chi connectivity index (χ0n) is 13.6. The molecule has 5 heteroatoms. The van der Waals surface area contributed by atoms with Gasteiger partial charge < -0.3 is 10.3 Å². The summed E-state index contributed by atoms with van der Waals surface area (Å²) in [5.41, 5.74) is 3.57. The quantitative estimate of drug-likeness (QED) is 0.781. The number of aromatic nitrogens is 3. The number of nitrogens with one attached hydrogen (secondary N) is 2. The molecule has 1 aliphatic carbocycles. The summed E-state index contributed by atoms with van der Waals surface area (Å²) in [6.45, 7) is 4.21. The smallest absolute Gasteiger partial charge is 0.268 e. The van der Waals surface area contributed by atoms with Gasteiger partial charge in [0.1, 0.15) is 5.69 Å². The van der Waals surface area contributed by atoms with Crippen molar-refractivity contribution in [3.05, 3.63) is 53.5 Å². The Bertz CT molecular complexity index is 907. The Morgan fingerprint density at radius 2 is 2.22 bits per heavy atom. The van der Waals surface area contributed by atoms with E-state index in [4.69, 9.17) is 0 Å². The van der Waals surface area contributed by atoms with E-state index < -0.39 is 0 Å². The van der Waals surface area contributed by atoms with Gasteiger partial charge in [0, 0.05) is 29.7 Å². The van der Waals surface area contributed by atoms with Gasteiger partial charge in [-0.15, -0.1) is 0 Å². The first kappa shape index (κ1) is 14.1. The van der Waals surface area contributed by atoms with Crippen molar-refractivity contribution in [1.82, 2.24) is 20.1 Å². The number of carbonyl (C=O) groups is 1. The number of amides is 1. The summed E-state index contributed by atoms with van der Waals surface area (Å²) in [4.78, 5) is 15.9. The molecule has 0 saturated heterocycles.